The second-order valence-corrected chi connectivity index (χ2v) is 9.04. The summed E-state index contributed by atoms with van der Waals surface area (Å²) < 4.78 is 43.7. The number of piperidine rings is 1. The third-order valence-electron chi connectivity index (χ3n) is 4.60. The molecule has 6 nitrogen and oxygen atoms in total. The van der Waals surface area contributed by atoms with E-state index in [4.69, 9.17) is 37.4 Å². The van der Waals surface area contributed by atoms with Crippen molar-refractivity contribution in [3.05, 3.63) is 46.4 Å². The average molecular weight is 446 g/mol. The Bertz CT molecular complexity index is 923. The maximum absolute atomic E-state index is 13.0. The Morgan fingerprint density at radius 3 is 2.14 bits per heavy atom. The highest BCUT2D eigenvalue weighted by molar-refractivity contribution is 7.89. The first kappa shape index (κ1) is 21.0. The van der Waals surface area contributed by atoms with Crippen LogP contribution in [0.2, 0.25) is 10.0 Å². The van der Waals surface area contributed by atoms with Gasteiger partial charge in [0.05, 0.1) is 29.2 Å². The molecular weight excluding hydrogens is 425 g/mol. The molecule has 28 heavy (non-hydrogen) atoms. The van der Waals surface area contributed by atoms with Crippen LogP contribution in [0.15, 0.2) is 41.3 Å². The van der Waals surface area contributed by atoms with E-state index in [1.807, 2.05) is 0 Å². The van der Waals surface area contributed by atoms with Crippen molar-refractivity contribution in [2.45, 2.75) is 23.8 Å². The van der Waals surface area contributed by atoms with Crippen LogP contribution < -0.4 is 14.2 Å². The van der Waals surface area contributed by atoms with Gasteiger partial charge in [-0.25, -0.2) is 8.42 Å². The molecular formula is C19H21Cl2NO5S. The van der Waals surface area contributed by atoms with Gasteiger partial charge in [0, 0.05) is 19.2 Å². The summed E-state index contributed by atoms with van der Waals surface area (Å²) in [5.41, 5.74) is 0. The van der Waals surface area contributed by atoms with Gasteiger partial charge in [0.1, 0.15) is 6.10 Å². The SMILES string of the molecule is COc1ccc(S(=O)(=O)N2CCC(Oc3c(Cl)cccc3Cl)CC2)cc1OC. The lowest BCUT2D eigenvalue weighted by molar-refractivity contribution is 0.135. The number of sulfonamides is 1. The molecule has 0 aromatic heterocycles. The Balaban J connectivity index is 1.70. The van der Waals surface area contributed by atoms with Gasteiger partial charge in [-0.05, 0) is 37.1 Å². The van der Waals surface area contributed by atoms with Gasteiger partial charge >= 0.3 is 0 Å². The number of halogens is 2. The molecule has 0 bridgehead atoms. The number of methoxy groups -OCH3 is 2. The fourth-order valence-corrected chi connectivity index (χ4v) is 5.05. The Morgan fingerprint density at radius 2 is 1.57 bits per heavy atom. The van der Waals surface area contributed by atoms with Crippen LogP contribution in [0.25, 0.3) is 0 Å². The molecule has 1 fully saturated rings. The lowest BCUT2D eigenvalue weighted by atomic mass is 10.1. The van der Waals surface area contributed by atoms with Crippen molar-refractivity contribution in [2.75, 3.05) is 27.3 Å². The zero-order valence-corrected chi connectivity index (χ0v) is 17.9. The molecule has 1 aliphatic rings. The Kier molecular flexibility index (Phi) is 6.60. The summed E-state index contributed by atoms with van der Waals surface area (Å²) in [6.45, 7) is 0.673. The number of para-hydroxylation sites is 1. The molecule has 2 aromatic rings. The molecule has 0 amide bonds. The number of rotatable bonds is 6. The average Bonchev–Trinajstić information content (AvgIpc) is 2.70. The molecule has 0 saturated carbocycles. The van der Waals surface area contributed by atoms with E-state index in [2.05, 4.69) is 0 Å². The molecule has 152 valence electrons. The fourth-order valence-electron chi connectivity index (χ4n) is 3.08. The van der Waals surface area contributed by atoms with Crippen LogP contribution in [-0.4, -0.2) is 46.1 Å². The van der Waals surface area contributed by atoms with Crippen molar-refractivity contribution in [2.24, 2.45) is 0 Å². The van der Waals surface area contributed by atoms with Crippen LogP contribution in [0.1, 0.15) is 12.8 Å². The highest BCUT2D eigenvalue weighted by atomic mass is 35.5. The van der Waals surface area contributed by atoms with Gasteiger partial charge in [-0.2, -0.15) is 4.31 Å². The molecule has 9 heteroatoms. The number of ether oxygens (including phenoxy) is 3. The second-order valence-electron chi connectivity index (χ2n) is 6.29. The molecule has 0 N–H and O–H groups in total. The topological polar surface area (TPSA) is 65.1 Å². The van der Waals surface area contributed by atoms with Crippen LogP contribution >= 0.6 is 23.2 Å². The standard InChI is InChI=1S/C19H21Cl2NO5S/c1-25-17-7-6-14(12-18(17)26-2)28(23,24)22-10-8-13(9-11-22)27-19-15(20)4-3-5-16(19)21/h3-7,12-13H,8-11H2,1-2H3. The van der Waals surface area contributed by atoms with E-state index < -0.39 is 10.0 Å². The molecule has 1 heterocycles. The van der Waals surface area contributed by atoms with Crippen molar-refractivity contribution in [3.8, 4) is 17.2 Å². The lowest BCUT2D eigenvalue weighted by Crippen LogP contribution is -2.41. The van der Waals surface area contributed by atoms with E-state index in [9.17, 15) is 8.42 Å². The van der Waals surface area contributed by atoms with E-state index in [0.29, 0.717) is 53.2 Å². The van der Waals surface area contributed by atoms with Gasteiger partial charge in [-0.3, -0.25) is 0 Å². The molecule has 0 atom stereocenters. The first-order valence-corrected chi connectivity index (χ1v) is 10.9. The third-order valence-corrected chi connectivity index (χ3v) is 7.09. The quantitative estimate of drug-likeness (QED) is 0.664. The minimum absolute atomic E-state index is 0.158. The van der Waals surface area contributed by atoms with Crippen molar-refractivity contribution >= 4 is 33.2 Å². The van der Waals surface area contributed by atoms with E-state index in [1.54, 1.807) is 24.3 Å². The van der Waals surface area contributed by atoms with Crippen molar-refractivity contribution in [1.29, 1.82) is 0 Å². The van der Waals surface area contributed by atoms with E-state index in [-0.39, 0.29) is 11.0 Å². The second kappa shape index (κ2) is 8.78. The Hall–Kier alpha value is -1.67. The minimum Gasteiger partial charge on any atom is -0.493 e. The molecule has 3 rings (SSSR count). The predicted octanol–water partition coefficient (Wildman–Crippen LogP) is 4.24. The van der Waals surface area contributed by atoms with Gasteiger partial charge in [-0.15, -0.1) is 0 Å². The first-order chi connectivity index (χ1) is 13.4. The molecule has 0 unspecified atom stereocenters. The Morgan fingerprint density at radius 1 is 0.964 bits per heavy atom. The van der Waals surface area contributed by atoms with Crippen LogP contribution in [0.3, 0.4) is 0 Å². The maximum atomic E-state index is 13.0. The van der Waals surface area contributed by atoms with Gasteiger partial charge in [0.15, 0.2) is 17.2 Å². The van der Waals surface area contributed by atoms with Crippen molar-refractivity contribution < 1.29 is 22.6 Å². The summed E-state index contributed by atoms with van der Waals surface area (Å²) in [5, 5.41) is 0.876. The fraction of sp³-hybridized carbons (Fsp3) is 0.368. The number of nitrogens with zero attached hydrogens (tertiary/aromatic N) is 1. The number of hydrogen-bond donors (Lipinski definition) is 0. The largest absolute Gasteiger partial charge is 0.493 e. The van der Waals surface area contributed by atoms with E-state index >= 15 is 0 Å². The summed E-state index contributed by atoms with van der Waals surface area (Å²) in [6.07, 6.45) is 0.913. The zero-order chi connectivity index (χ0) is 20.3. The first-order valence-electron chi connectivity index (χ1n) is 8.69. The van der Waals surface area contributed by atoms with Gasteiger partial charge in [0.2, 0.25) is 10.0 Å². The monoisotopic (exact) mass is 445 g/mol. The molecule has 0 spiro atoms. The van der Waals surface area contributed by atoms with Crippen molar-refractivity contribution in [3.63, 3.8) is 0 Å². The number of benzene rings is 2. The van der Waals surface area contributed by atoms with E-state index in [1.165, 1.54) is 30.7 Å². The molecule has 1 saturated heterocycles. The van der Waals surface area contributed by atoms with Gasteiger partial charge < -0.3 is 14.2 Å². The molecule has 2 aromatic carbocycles. The predicted molar refractivity (Wildman–Crippen MR) is 108 cm³/mol. The smallest absolute Gasteiger partial charge is 0.243 e. The maximum Gasteiger partial charge on any atom is 0.243 e. The minimum atomic E-state index is -3.64. The highest BCUT2D eigenvalue weighted by Gasteiger charge is 2.31. The number of hydrogen-bond acceptors (Lipinski definition) is 5. The summed E-state index contributed by atoms with van der Waals surface area (Å²) in [5.74, 6) is 1.28. The van der Waals surface area contributed by atoms with Crippen LogP contribution in [0.4, 0.5) is 0 Å². The summed E-state index contributed by atoms with van der Waals surface area (Å²) >= 11 is 12.3. The summed E-state index contributed by atoms with van der Waals surface area (Å²) in [7, 11) is -0.671. The van der Waals surface area contributed by atoms with Crippen molar-refractivity contribution in [1.82, 2.24) is 4.31 Å². The molecule has 1 aliphatic heterocycles. The summed E-state index contributed by atoms with van der Waals surface area (Å²) in [4.78, 5) is 0.165. The zero-order valence-electron chi connectivity index (χ0n) is 15.5. The van der Waals surface area contributed by atoms with E-state index in [0.717, 1.165) is 0 Å². The Labute approximate surface area is 175 Å². The molecule has 0 aliphatic carbocycles. The highest BCUT2D eigenvalue weighted by Crippen LogP contribution is 2.35. The lowest BCUT2D eigenvalue weighted by Gasteiger charge is -2.31. The van der Waals surface area contributed by atoms with Gasteiger partial charge in [-0.1, -0.05) is 29.3 Å². The van der Waals surface area contributed by atoms with Crippen LogP contribution in [0.5, 0.6) is 17.2 Å². The summed E-state index contributed by atoms with van der Waals surface area (Å²) in [6, 6.07) is 9.73. The normalized spacial score (nSPS) is 16.0. The molecule has 0 radical (unpaired) electrons. The van der Waals surface area contributed by atoms with Crippen LogP contribution in [0, 0.1) is 0 Å². The third kappa shape index (κ3) is 4.33. The van der Waals surface area contributed by atoms with Gasteiger partial charge in [0.25, 0.3) is 0 Å². The van der Waals surface area contributed by atoms with Crippen LogP contribution in [-0.2, 0) is 10.0 Å².